The molecule has 2 amide bonds. The normalized spacial score (nSPS) is 12.0. The largest absolute Gasteiger partial charge is 0.467 e. The summed E-state index contributed by atoms with van der Waals surface area (Å²) in [7, 11) is 1.27. The predicted octanol–water partition coefficient (Wildman–Crippen LogP) is 2.72. The van der Waals surface area contributed by atoms with Crippen molar-refractivity contribution in [2.45, 2.75) is 45.8 Å². The van der Waals surface area contributed by atoms with E-state index in [-0.39, 0.29) is 0 Å². The molecule has 0 aromatic heterocycles. The van der Waals surface area contributed by atoms with Gasteiger partial charge in [-0.15, -0.1) is 0 Å². The summed E-state index contributed by atoms with van der Waals surface area (Å²) in [6.45, 7) is 7.04. The maximum absolute atomic E-state index is 12.2. The molecule has 2 N–H and O–H groups in total. The highest BCUT2D eigenvalue weighted by molar-refractivity contribution is 5.98. The Balaban J connectivity index is 2.79. The van der Waals surface area contributed by atoms with Gasteiger partial charge in [-0.3, -0.25) is 10.1 Å². The van der Waals surface area contributed by atoms with Crippen molar-refractivity contribution in [3.8, 4) is 0 Å². The van der Waals surface area contributed by atoms with Crippen LogP contribution in [0.25, 0.3) is 0 Å². The molecule has 0 bridgehead atoms. The van der Waals surface area contributed by atoms with E-state index in [9.17, 15) is 14.4 Å². The first-order chi connectivity index (χ1) is 11.2. The second-order valence-electron chi connectivity index (χ2n) is 6.17. The van der Waals surface area contributed by atoms with Crippen LogP contribution in [0.15, 0.2) is 24.3 Å². The summed E-state index contributed by atoms with van der Waals surface area (Å²) in [5.41, 5.74) is 0.113. The fourth-order valence-corrected chi connectivity index (χ4v) is 1.87. The Morgan fingerprint density at radius 2 is 1.88 bits per heavy atom. The van der Waals surface area contributed by atoms with E-state index in [2.05, 4.69) is 15.4 Å². The summed E-state index contributed by atoms with van der Waals surface area (Å²) in [4.78, 5) is 35.5. The first kappa shape index (κ1) is 19.5. The summed E-state index contributed by atoms with van der Waals surface area (Å²) in [5, 5.41) is 5.16. The fourth-order valence-electron chi connectivity index (χ4n) is 1.87. The number of benzene rings is 1. The fraction of sp³-hybridized carbons (Fsp3) is 0.471. The number of hydrogen-bond acceptors (Lipinski definition) is 5. The molecule has 0 fully saturated rings. The standard InChI is InChI=1S/C17H24N2O5/c1-6-13(15(21)23-5)19-14(20)11-8-7-9-12(10-11)18-16(22)24-17(2,3)4/h7-10,13H,6H2,1-5H3,(H,18,22)(H,19,20)/t13-/m1/s1. The molecule has 0 aliphatic heterocycles. The predicted molar refractivity (Wildman–Crippen MR) is 89.9 cm³/mol. The number of ether oxygens (including phenoxy) is 2. The maximum Gasteiger partial charge on any atom is 0.412 e. The smallest absolute Gasteiger partial charge is 0.412 e. The molecule has 24 heavy (non-hydrogen) atoms. The molecule has 0 aliphatic rings. The highest BCUT2D eigenvalue weighted by Crippen LogP contribution is 2.14. The number of esters is 1. The third-order valence-electron chi connectivity index (χ3n) is 2.97. The van der Waals surface area contributed by atoms with Crippen LogP contribution in [0.4, 0.5) is 10.5 Å². The van der Waals surface area contributed by atoms with Crippen LogP contribution in [0.2, 0.25) is 0 Å². The van der Waals surface area contributed by atoms with Gasteiger partial charge in [0.15, 0.2) is 0 Å². The molecular formula is C17H24N2O5. The first-order valence-electron chi connectivity index (χ1n) is 7.65. The summed E-state index contributed by atoms with van der Waals surface area (Å²) in [6.07, 6.45) is -0.199. The van der Waals surface area contributed by atoms with Gasteiger partial charge in [-0.05, 0) is 45.4 Å². The minimum absolute atomic E-state index is 0.311. The lowest BCUT2D eigenvalue weighted by Gasteiger charge is -2.20. The van der Waals surface area contributed by atoms with Crippen molar-refractivity contribution in [2.24, 2.45) is 0 Å². The van der Waals surface area contributed by atoms with Crippen molar-refractivity contribution >= 4 is 23.7 Å². The summed E-state index contributed by atoms with van der Waals surface area (Å²) in [5.74, 6) is -0.936. The van der Waals surface area contributed by atoms with Crippen LogP contribution < -0.4 is 10.6 Å². The second kappa shape index (κ2) is 8.33. The van der Waals surface area contributed by atoms with E-state index in [4.69, 9.17) is 4.74 Å². The number of carbonyl (C=O) groups excluding carboxylic acids is 3. The first-order valence-corrected chi connectivity index (χ1v) is 7.65. The highest BCUT2D eigenvalue weighted by Gasteiger charge is 2.20. The van der Waals surface area contributed by atoms with E-state index in [1.807, 2.05) is 0 Å². The van der Waals surface area contributed by atoms with Gasteiger partial charge in [-0.2, -0.15) is 0 Å². The van der Waals surface area contributed by atoms with Gasteiger partial charge in [-0.25, -0.2) is 9.59 Å². The number of hydrogen-bond donors (Lipinski definition) is 2. The highest BCUT2D eigenvalue weighted by atomic mass is 16.6. The minimum Gasteiger partial charge on any atom is -0.467 e. The van der Waals surface area contributed by atoms with E-state index in [0.29, 0.717) is 17.7 Å². The Morgan fingerprint density at radius 1 is 1.21 bits per heavy atom. The SMILES string of the molecule is CC[C@@H](NC(=O)c1cccc(NC(=O)OC(C)(C)C)c1)C(=O)OC. The molecule has 7 nitrogen and oxygen atoms in total. The molecule has 132 valence electrons. The number of carbonyl (C=O) groups is 3. The number of methoxy groups -OCH3 is 1. The van der Waals surface area contributed by atoms with Gasteiger partial charge in [0.1, 0.15) is 11.6 Å². The Hall–Kier alpha value is -2.57. The van der Waals surface area contributed by atoms with E-state index in [0.717, 1.165) is 0 Å². The molecule has 1 aromatic carbocycles. The molecule has 0 heterocycles. The Morgan fingerprint density at radius 3 is 2.42 bits per heavy atom. The van der Waals surface area contributed by atoms with Crippen molar-refractivity contribution in [1.29, 1.82) is 0 Å². The van der Waals surface area contributed by atoms with Crippen molar-refractivity contribution in [2.75, 3.05) is 12.4 Å². The number of amides is 2. The molecule has 0 saturated heterocycles. The van der Waals surface area contributed by atoms with Crippen LogP contribution in [-0.4, -0.2) is 36.7 Å². The van der Waals surface area contributed by atoms with E-state index >= 15 is 0 Å². The van der Waals surface area contributed by atoms with Crippen LogP contribution in [-0.2, 0) is 14.3 Å². The van der Waals surface area contributed by atoms with Crippen molar-refractivity contribution in [3.63, 3.8) is 0 Å². The maximum atomic E-state index is 12.2. The molecule has 7 heteroatoms. The van der Waals surface area contributed by atoms with Gasteiger partial charge in [0.05, 0.1) is 7.11 Å². The average molecular weight is 336 g/mol. The Kier molecular flexibility index (Phi) is 6.76. The van der Waals surface area contributed by atoms with Gasteiger partial charge in [-0.1, -0.05) is 13.0 Å². The molecule has 0 aliphatic carbocycles. The Labute approximate surface area is 141 Å². The lowest BCUT2D eigenvalue weighted by molar-refractivity contribution is -0.142. The zero-order valence-corrected chi connectivity index (χ0v) is 14.6. The summed E-state index contributed by atoms with van der Waals surface area (Å²) < 4.78 is 9.79. The number of nitrogens with one attached hydrogen (secondary N) is 2. The average Bonchev–Trinajstić information content (AvgIpc) is 2.49. The van der Waals surface area contributed by atoms with Gasteiger partial charge in [0, 0.05) is 11.3 Å². The summed E-state index contributed by atoms with van der Waals surface area (Å²) in [6, 6.07) is 5.63. The quantitative estimate of drug-likeness (QED) is 0.806. The molecule has 0 spiro atoms. The van der Waals surface area contributed by atoms with E-state index in [1.165, 1.54) is 13.2 Å². The molecule has 1 rings (SSSR count). The van der Waals surface area contributed by atoms with Crippen molar-refractivity contribution in [1.82, 2.24) is 5.32 Å². The van der Waals surface area contributed by atoms with E-state index < -0.39 is 29.6 Å². The van der Waals surface area contributed by atoms with Crippen molar-refractivity contribution < 1.29 is 23.9 Å². The van der Waals surface area contributed by atoms with E-state index in [1.54, 1.807) is 45.9 Å². The zero-order chi connectivity index (χ0) is 18.3. The molecule has 0 radical (unpaired) electrons. The van der Waals surface area contributed by atoms with Gasteiger partial charge in [0.2, 0.25) is 0 Å². The van der Waals surface area contributed by atoms with Gasteiger partial charge in [0.25, 0.3) is 5.91 Å². The zero-order valence-electron chi connectivity index (χ0n) is 14.6. The lowest BCUT2D eigenvalue weighted by Crippen LogP contribution is -2.41. The van der Waals surface area contributed by atoms with Crippen LogP contribution >= 0.6 is 0 Å². The molecule has 0 unspecified atom stereocenters. The monoisotopic (exact) mass is 336 g/mol. The second-order valence-corrected chi connectivity index (χ2v) is 6.17. The topological polar surface area (TPSA) is 93.7 Å². The summed E-state index contributed by atoms with van der Waals surface area (Å²) >= 11 is 0. The van der Waals surface area contributed by atoms with Crippen LogP contribution in [0.1, 0.15) is 44.5 Å². The van der Waals surface area contributed by atoms with Gasteiger partial charge >= 0.3 is 12.1 Å². The molecular weight excluding hydrogens is 312 g/mol. The minimum atomic E-state index is -0.718. The van der Waals surface area contributed by atoms with Crippen LogP contribution in [0.3, 0.4) is 0 Å². The Bertz CT molecular complexity index is 607. The van der Waals surface area contributed by atoms with Crippen LogP contribution in [0.5, 0.6) is 0 Å². The third kappa shape index (κ3) is 6.28. The van der Waals surface area contributed by atoms with Gasteiger partial charge < -0.3 is 14.8 Å². The molecule has 1 aromatic rings. The molecule has 0 saturated carbocycles. The van der Waals surface area contributed by atoms with Crippen LogP contribution in [0, 0.1) is 0 Å². The molecule has 1 atom stereocenters. The number of anilines is 1. The third-order valence-corrected chi connectivity index (χ3v) is 2.97. The van der Waals surface area contributed by atoms with Crippen molar-refractivity contribution in [3.05, 3.63) is 29.8 Å². The number of rotatable bonds is 5. The lowest BCUT2D eigenvalue weighted by atomic mass is 10.1.